The lowest BCUT2D eigenvalue weighted by Gasteiger charge is -2.31. The van der Waals surface area contributed by atoms with Crippen LogP contribution < -0.4 is 10.6 Å². The smallest absolute Gasteiger partial charge is 0.252 e. The summed E-state index contributed by atoms with van der Waals surface area (Å²) in [7, 11) is 0. The summed E-state index contributed by atoms with van der Waals surface area (Å²) in [6, 6.07) is 7.27. The fourth-order valence-electron chi connectivity index (χ4n) is 3.13. The van der Waals surface area contributed by atoms with Gasteiger partial charge in [-0.2, -0.15) is 0 Å². The number of carbonyl (C=O) groups excluding carboxylic acids is 3. The molecule has 0 aliphatic carbocycles. The minimum Gasteiger partial charge on any atom is -0.356 e. The van der Waals surface area contributed by atoms with Crippen molar-refractivity contribution in [1.82, 2.24) is 15.5 Å². The van der Waals surface area contributed by atoms with Crippen LogP contribution in [0, 0.1) is 9.49 Å². The third-order valence-corrected chi connectivity index (χ3v) is 5.76. The van der Waals surface area contributed by atoms with Crippen LogP contribution >= 0.6 is 22.6 Å². The van der Waals surface area contributed by atoms with Crippen molar-refractivity contribution < 1.29 is 14.4 Å². The number of hydrogen-bond donors (Lipinski definition) is 2. The highest BCUT2D eigenvalue weighted by Gasteiger charge is 2.27. The van der Waals surface area contributed by atoms with E-state index in [2.05, 4.69) is 40.1 Å². The topological polar surface area (TPSA) is 78.5 Å². The average molecular weight is 485 g/mol. The number of likely N-dealkylation sites (tertiary alicyclic amines) is 1. The Kier molecular flexibility index (Phi) is 9.03. The van der Waals surface area contributed by atoms with E-state index < -0.39 is 0 Å². The van der Waals surface area contributed by atoms with Crippen molar-refractivity contribution in [3.05, 3.63) is 33.4 Å². The summed E-state index contributed by atoms with van der Waals surface area (Å²) < 4.78 is 0.853. The quantitative estimate of drug-likeness (QED) is 0.439. The summed E-state index contributed by atoms with van der Waals surface area (Å²) in [5.41, 5.74) is 0.573. The summed E-state index contributed by atoms with van der Waals surface area (Å²) in [5, 5.41) is 5.69. The van der Waals surface area contributed by atoms with E-state index >= 15 is 0 Å². The third-order valence-electron chi connectivity index (χ3n) is 4.82. The number of nitrogens with one attached hydrogen (secondary N) is 2. The van der Waals surface area contributed by atoms with Gasteiger partial charge in [0.05, 0.1) is 12.1 Å². The van der Waals surface area contributed by atoms with Crippen LogP contribution in [0.25, 0.3) is 0 Å². The van der Waals surface area contributed by atoms with Crippen molar-refractivity contribution in [3.8, 4) is 0 Å². The van der Waals surface area contributed by atoms with E-state index in [1.165, 1.54) is 0 Å². The molecule has 1 aliphatic rings. The van der Waals surface area contributed by atoms with Gasteiger partial charge >= 0.3 is 0 Å². The van der Waals surface area contributed by atoms with Crippen LogP contribution in [0.15, 0.2) is 24.3 Å². The Balaban J connectivity index is 1.71. The van der Waals surface area contributed by atoms with Crippen molar-refractivity contribution in [1.29, 1.82) is 0 Å². The first-order valence-electron chi connectivity index (χ1n) is 9.61. The molecule has 0 bridgehead atoms. The number of piperidine rings is 1. The van der Waals surface area contributed by atoms with Gasteiger partial charge in [-0.05, 0) is 54.0 Å². The maximum atomic E-state index is 12.3. The summed E-state index contributed by atoms with van der Waals surface area (Å²) in [6.07, 6.45) is 4.63. The third kappa shape index (κ3) is 6.79. The van der Waals surface area contributed by atoms with E-state index in [1.807, 2.05) is 12.1 Å². The summed E-state index contributed by atoms with van der Waals surface area (Å²) in [4.78, 5) is 38.5. The molecule has 1 aromatic rings. The largest absolute Gasteiger partial charge is 0.356 e. The molecule has 1 saturated heterocycles. The molecule has 1 heterocycles. The Morgan fingerprint density at radius 1 is 1.11 bits per heavy atom. The van der Waals surface area contributed by atoms with Gasteiger partial charge in [0.2, 0.25) is 11.8 Å². The molecule has 6 nitrogen and oxygen atoms in total. The van der Waals surface area contributed by atoms with Crippen molar-refractivity contribution in [2.24, 2.45) is 5.92 Å². The lowest BCUT2D eigenvalue weighted by Crippen LogP contribution is -2.46. The minimum absolute atomic E-state index is 0.0162. The number of benzene rings is 1. The van der Waals surface area contributed by atoms with Crippen LogP contribution in [-0.2, 0) is 9.59 Å². The SMILES string of the molecule is CCCCCNC(=O)C1CCN(C(=O)CNC(=O)c2ccccc2I)CC1. The highest BCUT2D eigenvalue weighted by Crippen LogP contribution is 2.17. The van der Waals surface area contributed by atoms with Crippen LogP contribution in [0.4, 0.5) is 0 Å². The molecule has 0 aromatic heterocycles. The molecule has 148 valence electrons. The molecular weight excluding hydrogens is 457 g/mol. The molecule has 3 amide bonds. The van der Waals surface area contributed by atoms with E-state index in [4.69, 9.17) is 0 Å². The van der Waals surface area contributed by atoms with Gasteiger partial charge < -0.3 is 15.5 Å². The lowest BCUT2D eigenvalue weighted by atomic mass is 9.96. The fraction of sp³-hybridized carbons (Fsp3) is 0.550. The number of unbranched alkanes of at least 4 members (excludes halogenated alkanes) is 2. The highest BCUT2D eigenvalue weighted by molar-refractivity contribution is 14.1. The van der Waals surface area contributed by atoms with E-state index in [9.17, 15) is 14.4 Å². The Labute approximate surface area is 174 Å². The number of nitrogens with zero attached hydrogens (tertiary/aromatic N) is 1. The second-order valence-corrected chi connectivity index (χ2v) is 7.98. The van der Waals surface area contributed by atoms with Crippen LogP contribution in [0.5, 0.6) is 0 Å². The van der Waals surface area contributed by atoms with Gasteiger partial charge in [0, 0.05) is 29.1 Å². The summed E-state index contributed by atoms with van der Waals surface area (Å²) in [6.45, 7) is 3.97. The first-order chi connectivity index (χ1) is 13.0. The molecule has 0 spiro atoms. The molecule has 0 atom stereocenters. The van der Waals surface area contributed by atoms with Gasteiger partial charge in [0.15, 0.2) is 0 Å². The maximum Gasteiger partial charge on any atom is 0.252 e. The van der Waals surface area contributed by atoms with Crippen LogP contribution in [0.1, 0.15) is 49.4 Å². The zero-order valence-electron chi connectivity index (χ0n) is 15.8. The van der Waals surface area contributed by atoms with Gasteiger partial charge in [-0.15, -0.1) is 0 Å². The average Bonchev–Trinajstić information content (AvgIpc) is 2.69. The predicted molar refractivity (Wildman–Crippen MR) is 113 cm³/mol. The molecule has 0 unspecified atom stereocenters. The second-order valence-electron chi connectivity index (χ2n) is 6.82. The normalized spacial score (nSPS) is 14.7. The Bertz CT molecular complexity index is 658. The van der Waals surface area contributed by atoms with E-state index in [1.54, 1.807) is 17.0 Å². The Hall–Kier alpha value is -1.64. The van der Waals surface area contributed by atoms with Gasteiger partial charge in [-0.3, -0.25) is 14.4 Å². The molecule has 1 aromatic carbocycles. The highest BCUT2D eigenvalue weighted by atomic mass is 127. The monoisotopic (exact) mass is 485 g/mol. The van der Waals surface area contributed by atoms with E-state index in [0.29, 0.717) is 31.5 Å². The first kappa shape index (κ1) is 21.7. The Morgan fingerprint density at radius 3 is 2.48 bits per heavy atom. The van der Waals surface area contributed by atoms with E-state index in [-0.39, 0.29) is 30.2 Å². The van der Waals surface area contributed by atoms with Crippen LogP contribution in [0.3, 0.4) is 0 Å². The summed E-state index contributed by atoms with van der Waals surface area (Å²) in [5.74, 6) is -0.257. The molecule has 2 N–H and O–H groups in total. The minimum atomic E-state index is -0.241. The van der Waals surface area contributed by atoms with Crippen LogP contribution in [-0.4, -0.2) is 48.8 Å². The number of halogens is 1. The van der Waals surface area contributed by atoms with Gasteiger partial charge in [-0.25, -0.2) is 0 Å². The second kappa shape index (κ2) is 11.3. The number of amides is 3. The fourth-order valence-corrected chi connectivity index (χ4v) is 3.76. The zero-order valence-corrected chi connectivity index (χ0v) is 18.0. The molecule has 1 aliphatic heterocycles. The van der Waals surface area contributed by atoms with Gasteiger partial charge in [-0.1, -0.05) is 31.9 Å². The number of rotatable bonds is 8. The molecule has 7 heteroatoms. The first-order valence-corrected chi connectivity index (χ1v) is 10.7. The molecule has 2 rings (SSSR count). The zero-order chi connectivity index (χ0) is 19.6. The predicted octanol–water partition coefficient (Wildman–Crippen LogP) is 2.57. The van der Waals surface area contributed by atoms with Crippen molar-refractivity contribution in [2.45, 2.75) is 39.0 Å². The lowest BCUT2D eigenvalue weighted by molar-refractivity contribution is -0.134. The molecular formula is C20H28IN3O3. The van der Waals surface area contributed by atoms with Crippen LogP contribution in [0.2, 0.25) is 0 Å². The Morgan fingerprint density at radius 2 is 1.81 bits per heavy atom. The van der Waals surface area contributed by atoms with E-state index in [0.717, 1.165) is 29.4 Å². The van der Waals surface area contributed by atoms with Gasteiger partial charge in [0.25, 0.3) is 5.91 Å². The molecule has 0 saturated carbocycles. The number of carbonyl (C=O) groups is 3. The molecule has 0 radical (unpaired) electrons. The standard InChI is InChI=1S/C20H28IN3O3/c1-2-3-6-11-22-19(26)15-9-12-24(13-10-15)18(25)14-23-20(27)16-7-4-5-8-17(16)21/h4-5,7-8,15H,2-3,6,9-14H2,1H3,(H,22,26)(H,23,27). The van der Waals surface area contributed by atoms with Crippen molar-refractivity contribution >= 4 is 40.3 Å². The van der Waals surface area contributed by atoms with Crippen molar-refractivity contribution in [2.75, 3.05) is 26.2 Å². The van der Waals surface area contributed by atoms with Crippen molar-refractivity contribution in [3.63, 3.8) is 0 Å². The van der Waals surface area contributed by atoms with Gasteiger partial charge in [0.1, 0.15) is 0 Å². The molecule has 1 fully saturated rings. The molecule has 27 heavy (non-hydrogen) atoms. The number of hydrogen-bond acceptors (Lipinski definition) is 3. The maximum absolute atomic E-state index is 12.3. The summed E-state index contributed by atoms with van der Waals surface area (Å²) >= 11 is 2.10.